The minimum Gasteiger partial charge on any atom is -0.390 e. The Morgan fingerprint density at radius 3 is 2.83 bits per heavy atom. The van der Waals surface area contributed by atoms with Crippen LogP contribution in [-0.2, 0) is 16.6 Å². The van der Waals surface area contributed by atoms with Crippen LogP contribution in [0.25, 0.3) is 6.08 Å². The third kappa shape index (κ3) is 3.57. The van der Waals surface area contributed by atoms with Crippen molar-refractivity contribution in [1.82, 2.24) is 10.3 Å². The van der Waals surface area contributed by atoms with E-state index in [4.69, 9.17) is 0 Å². The quantitative estimate of drug-likeness (QED) is 0.842. The van der Waals surface area contributed by atoms with Gasteiger partial charge in [-0.25, -0.2) is 4.98 Å². The molecule has 0 unspecified atom stereocenters. The van der Waals surface area contributed by atoms with E-state index in [1.165, 1.54) is 6.08 Å². The van der Waals surface area contributed by atoms with Gasteiger partial charge in [-0.15, -0.1) is 11.3 Å². The number of amides is 1. The molecule has 2 N–H and O–H groups in total. The molecule has 3 rings (SSSR count). The molecule has 0 saturated heterocycles. The summed E-state index contributed by atoms with van der Waals surface area (Å²) in [5.41, 5.74) is 2.10. The number of rotatable bonds is 3. The van der Waals surface area contributed by atoms with Crippen molar-refractivity contribution < 1.29 is 9.90 Å². The Balaban J connectivity index is 1.67. The number of aliphatic hydroxyl groups is 1. The Morgan fingerprint density at radius 1 is 1.38 bits per heavy atom. The van der Waals surface area contributed by atoms with Gasteiger partial charge < -0.3 is 10.4 Å². The second-order valence-corrected chi connectivity index (χ2v) is 8.17. The Hall–Kier alpha value is -1.98. The molecule has 1 amide bonds. The topological polar surface area (TPSA) is 62.2 Å². The van der Waals surface area contributed by atoms with Gasteiger partial charge in [0.05, 0.1) is 17.2 Å². The molecular formula is C19H22N2O2S. The van der Waals surface area contributed by atoms with Crippen LogP contribution in [0.15, 0.2) is 36.5 Å². The van der Waals surface area contributed by atoms with Gasteiger partial charge in [0, 0.05) is 29.0 Å². The summed E-state index contributed by atoms with van der Waals surface area (Å²) in [5, 5.41) is 14.1. The predicted molar refractivity (Wildman–Crippen MR) is 96.9 cm³/mol. The van der Waals surface area contributed by atoms with Crippen LogP contribution < -0.4 is 5.32 Å². The first-order chi connectivity index (χ1) is 11.3. The van der Waals surface area contributed by atoms with E-state index in [1.807, 2.05) is 24.3 Å². The van der Waals surface area contributed by atoms with E-state index in [0.29, 0.717) is 6.42 Å². The molecule has 0 bridgehead atoms. The van der Waals surface area contributed by atoms with Gasteiger partial charge in [-0.2, -0.15) is 0 Å². The fourth-order valence-electron chi connectivity index (χ4n) is 2.82. The molecule has 2 aromatic rings. The van der Waals surface area contributed by atoms with E-state index in [1.54, 1.807) is 23.6 Å². The second kappa shape index (κ2) is 6.49. The Morgan fingerprint density at radius 2 is 2.12 bits per heavy atom. The highest BCUT2D eigenvalue weighted by molar-refractivity contribution is 7.12. The van der Waals surface area contributed by atoms with Gasteiger partial charge in [-0.1, -0.05) is 45.0 Å². The predicted octanol–water partition coefficient (Wildman–Crippen LogP) is 3.23. The van der Waals surface area contributed by atoms with E-state index >= 15 is 0 Å². The third-order valence-electron chi connectivity index (χ3n) is 4.07. The lowest BCUT2D eigenvalue weighted by atomic mass is 9.98. The lowest BCUT2D eigenvalue weighted by molar-refractivity contribution is -0.117. The minimum absolute atomic E-state index is 0.0106. The smallest absolute Gasteiger partial charge is 0.244 e. The van der Waals surface area contributed by atoms with Crippen LogP contribution in [-0.4, -0.2) is 22.1 Å². The summed E-state index contributed by atoms with van der Waals surface area (Å²) >= 11 is 1.59. The molecule has 1 aromatic heterocycles. The number of aliphatic hydroxyl groups excluding tert-OH is 1. The summed E-state index contributed by atoms with van der Waals surface area (Å²) in [6.07, 6.45) is 5.07. The van der Waals surface area contributed by atoms with Crippen molar-refractivity contribution in [3.63, 3.8) is 0 Å². The number of aromatic nitrogens is 1. The number of benzene rings is 1. The summed E-state index contributed by atoms with van der Waals surface area (Å²) < 4.78 is 0. The zero-order valence-corrected chi connectivity index (χ0v) is 14.9. The van der Waals surface area contributed by atoms with Crippen LogP contribution in [0.1, 0.15) is 47.8 Å². The second-order valence-electron chi connectivity index (χ2n) is 7.11. The molecule has 0 fully saturated rings. The lowest BCUT2D eigenvalue weighted by Gasteiger charge is -2.16. The maximum atomic E-state index is 12.2. The van der Waals surface area contributed by atoms with Crippen LogP contribution in [0, 0.1) is 0 Å². The summed E-state index contributed by atoms with van der Waals surface area (Å²) in [5.74, 6) is -0.207. The molecule has 1 aromatic carbocycles. The highest BCUT2D eigenvalue weighted by Gasteiger charge is 2.31. The highest BCUT2D eigenvalue weighted by Crippen LogP contribution is 2.31. The zero-order chi connectivity index (χ0) is 17.3. The first-order valence-corrected chi connectivity index (χ1v) is 8.87. The molecule has 0 spiro atoms. The maximum Gasteiger partial charge on any atom is 0.244 e. The van der Waals surface area contributed by atoms with Crippen molar-refractivity contribution in [1.29, 1.82) is 0 Å². The number of carbonyl (C=O) groups excluding carboxylic acids is 1. The van der Waals surface area contributed by atoms with E-state index in [2.05, 4.69) is 31.1 Å². The largest absolute Gasteiger partial charge is 0.390 e. The SMILES string of the molecule is CC(C)(C)c1ncc(/C=C/C(=O)N[C@@H]2c3ccccc3C[C@@H]2O)s1. The van der Waals surface area contributed by atoms with Gasteiger partial charge in [0.2, 0.25) is 5.91 Å². The molecule has 0 radical (unpaired) electrons. The zero-order valence-electron chi connectivity index (χ0n) is 14.1. The molecule has 2 atom stereocenters. The van der Waals surface area contributed by atoms with Gasteiger partial charge >= 0.3 is 0 Å². The van der Waals surface area contributed by atoms with E-state index in [0.717, 1.165) is 21.0 Å². The van der Waals surface area contributed by atoms with Crippen LogP contribution in [0.4, 0.5) is 0 Å². The van der Waals surface area contributed by atoms with E-state index in [9.17, 15) is 9.90 Å². The van der Waals surface area contributed by atoms with Gasteiger partial charge in [0.15, 0.2) is 0 Å². The first kappa shape index (κ1) is 16.9. The van der Waals surface area contributed by atoms with Gasteiger partial charge in [0.1, 0.15) is 0 Å². The third-order valence-corrected chi connectivity index (χ3v) is 5.45. The van der Waals surface area contributed by atoms with Gasteiger partial charge in [-0.3, -0.25) is 4.79 Å². The van der Waals surface area contributed by atoms with Crippen molar-refractivity contribution in [2.75, 3.05) is 0 Å². The molecule has 24 heavy (non-hydrogen) atoms. The maximum absolute atomic E-state index is 12.2. The highest BCUT2D eigenvalue weighted by atomic mass is 32.1. The number of hydrogen-bond acceptors (Lipinski definition) is 4. The summed E-state index contributed by atoms with van der Waals surface area (Å²) in [6, 6.07) is 7.49. The summed E-state index contributed by atoms with van der Waals surface area (Å²) in [7, 11) is 0. The van der Waals surface area contributed by atoms with Crippen LogP contribution in [0.2, 0.25) is 0 Å². The van der Waals surface area contributed by atoms with Crippen molar-refractivity contribution in [2.45, 2.75) is 44.8 Å². The Labute approximate surface area is 146 Å². The van der Waals surface area contributed by atoms with E-state index in [-0.39, 0.29) is 17.4 Å². The lowest BCUT2D eigenvalue weighted by Crippen LogP contribution is -2.32. The molecule has 5 heteroatoms. The van der Waals surface area contributed by atoms with E-state index < -0.39 is 6.10 Å². The fourth-order valence-corrected chi connectivity index (χ4v) is 3.69. The molecule has 0 saturated carbocycles. The molecular weight excluding hydrogens is 320 g/mol. The molecule has 1 heterocycles. The van der Waals surface area contributed by atoms with Crippen LogP contribution in [0.5, 0.6) is 0 Å². The number of thiazole rings is 1. The monoisotopic (exact) mass is 342 g/mol. The van der Waals surface area contributed by atoms with Crippen molar-refractivity contribution in [3.05, 3.63) is 57.6 Å². The summed E-state index contributed by atoms with van der Waals surface area (Å²) in [6.45, 7) is 6.35. The molecule has 4 nitrogen and oxygen atoms in total. The van der Waals surface area contributed by atoms with Gasteiger partial charge in [-0.05, 0) is 17.2 Å². The number of nitrogens with zero attached hydrogens (tertiary/aromatic N) is 1. The standard InChI is InChI=1S/C19H22N2O2S/c1-19(2,3)18-20-11-13(24-18)8-9-16(23)21-17-14-7-5-4-6-12(14)10-15(17)22/h4-9,11,15,17,22H,10H2,1-3H3,(H,21,23)/b9-8+/t15-,17+/m0/s1. The van der Waals surface area contributed by atoms with Crippen molar-refractivity contribution in [2.24, 2.45) is 0 Å². The average Bonchev–Trinajstić information content (AvgIpc) is 3.11. The van der Waals surface area contributed by atoms with Crippen molar-refractivity contribution in [3.8, 4) is 0 Å². The van der Waals surface area contributed by atoms with Gasteiger partial charge in [0.25, 0.3) is 0 Å². The number of fused-ring (bicyclic) bond motifs is 1. The number of hydrogen-bond donors (Lipinski definition) is 2. The number of carbonyl (C=O) groups is 1. The van der Waals surface area contributed by atoms with Crippen LogP contribution in [0.3, 0.4) is 0 Å². The normalized spacial score (nSPS) is 20.3. The molecule has 1 aliphatic carbocycles. The fraction of sp³-hybridized carbons (Fsp3) is 0.368. The molecule has 126 valence electrons. The molecule has 1 aliphatic rings. The van der Waals surface area contributed by atoms with Crippen LogP contribution >= 0.6 is 11.3 Å². The minimum atomic E-state index is -0.573. The molecule has 0 aliphatic heterocycles. The Bertz CT molecular complexity index is 774. The van der Waals surface area contributed by atoms with Crippen molar-refractivity contribution >= 4 is 23.3 Å². The average molecular weight is 342 g/mol. The first-order valence-electron chi connectivity index (χ1n) is 8.05. The number of nitrogens with one attached hydrogen (secondary N) is 1. The summed E-state index contributed by atoms with van der Waals surface area (Å²) in [4.78, 5) is 17.6. The Kier molecular flexibility index (Phi) is 4.56.